The summed E-state index contributed by atoms with van der Waals surface area (Å²) < 4.78 is 1.63. The summed E-state index contributed by atoms with van der Waals surface area (Å²) in [7, 11) is 0. The topological polar surface area (TPSA) is 46.9 Å². The molecule has 140 valence electrons. The number of hydrogen-bond acceptors (Lipinski definition) is 2. The molecule has 27 heavy (non-hydrogen) atoms. The number of halogens is 2. The van der Waals surface area contributed by atoms with Crippen molar-refractivity contribution in [2.24, 2.45) is 5.92 Å². The second-order valence-corrected chi connectivity index (χ2v) is 7.61. The van der Waals surface area contributed by atoms with Crippen LogP contribution in [-0.4, -0.2) is 15.7 Å². The first-order valence-electron chi connectivity index (χ1n) is 8.85. The molecule has 1 aromatic heterocycles. The standard InChI is InChI=1S/C21H21Cl2N3O/c1-14(2)8-11-21(27)24-20-13-18(15-6-4-3-5-7-15)25-26(20)19-12-16(22)9-10-17(19)23/h3-7,9-10,12-14H,8,11H2,1-2H3,(H,24,27). The van der Waals surface area contributed by atoms with Crippen LogP contribution in [0.5, 0.6) is 0 Å². The fourth-order valence-corrected chi connectivity index (χ4v) is 3.04. The van der Waals surface area contributed by atoms with E-state index >= 15 is 0 Å². The molecule has 3 rings (SSSR count). The van der Waals surface area contributed by atoms with Gasteiger partial charge in [0.15, 0.2) is 0 Å². The van der Waals surface area contributed by atoms with Gasteiger partial charge >= 0.3 is 0 Å². The van der Waals surface area contributed by atoms with Crippen LogP contribution in [0.2, 0.25) is 10.0 Å². The third kappa shape index (κ3) is 4.90. The van der Waals surface area contributed by atoms with Crippen LogP contribution >= 0.6 is 23.2 Å². The van der Waals surface area contributed by atoms with Crippen LogP contribution < -0.4 is 5.32 Å². The smallest absolute Gasteiger partial charge is 0.225 e. The van der Waals surface area contributed by atoms with Crippen molar-refractivity contribution in [2.45, 2.75) is 26.7 Å². The zero-order valence-corrected chi connectivity index (χ0v) is 16.8. The van der Waals surface area contributed by atoms with Gasteiger partial charge in [0, 0.05) is 23.1 Å². The molecule has 0 aliphatic rings. The predicted octanol–water partition coefficient (Wildman–Crippen LogP) is 6.22. The van der Waals surface area contributed by atoms with E-state index in [0.29, 0.717) is 33.9 Å². The number of benzene rings is 2. The number of anilines is 1. The first-order valence-corrected chi connectivity index (χ1v) is 9.60. The third-order valence-corrected chi connectivity index (χ3v) is 4.69. The lowest BCUT2D eigenvalue weighted by Crippen LogP contribution is -2.15. The lowest BCUT2D eigenvalue weighted by atomic mass is 10.1. The van der Waals surface area contributed by atoms with E-state index in [4.69, 9.17) is 23.2 Å². The van der Waals surface area contributed by atoms with Crippen LogP contribution in [-0.2, 0) is 4.79 Å². The Morgan fingerprint density at radius 1 is 1.11 bits per heavy atom. The molecule has 0 saturated heterocycles. The van der Waals surface area contributed by atoms with E-state index in [9.17, 15) is 4.79 Å². The molecule has 3 aromatic rings. The van der Waals surface area contributed by atoms with Crippen molar-refractivity contribution in [3.05, 3.63) is 64.6 Å². The Kier molecular flexibility index (Phi) is 6.19. The summed E-state index contributed by atoms with van der Waals surface area (Å²) >= 11 is 12.5. The van der Waals surface area contributed by atoms with Crippen LogP contribution in [0.25, 0.3) is 16.9 Å². The number of aromatic nitrogens is 2. The van der Waals surface area contributed by atoms with Crippen molar-refractivity contribution < 1.29 is 4.79 Å². The maximum Gasteiger partial charge on any atom is 0.225 e. The number of nitrogens with zero attached hydrogens (tertiary/aromatic N) is 2. The van der Waals surface area contributed by atoms with Crippen LogP contribution in [0.4, 0.5) is 5.82 Å². The number of nitrogens with one attached hydrogen (secondary N) is 1. The molecular formula is C21H21Cl2N3O. The fraction of sp³-hybridized carbons (Fsp3) is 0.238. The molecule has 0 radical (unpaired) electrons. The van der Waals surface area contributed by atoms with E-state index in [2.05, 4.69) is 24.3 Å². The van der Waals surface area contributed by atoms with Gasteiger partial charge in [0.05, 0.1) is 16.4 Å². The minimum atomic E-state index is -0.0531. The van der Waals surface area contributed by atoms with E-state index in [0.717, 1.165) is 17.7 Å². The second kappa shape index (κ2) is 8.59. The highest BCUT2D eigenvalue weighted by molar-refractivity contribution is 6.34. The van der Waals surface area contributed by atoms with Crippen LogP contribution in [0.1, 0.15) is 26.7 Å². The van der Waals surface area contributed by atoms with Crippen LogP contribution in [0.15, 0.2) is 54.6 Å². The van der Waals surface area contributed by atoms with Crippen molar-refractivity contribution in [3.8, 4) is 16.9 Å². The van der Waals surface area contributed by atoms with Gasteiger partial charge in [-0.05, 0) is 30.5 Å². The van der Waals surface area contributed by atoms with Gasteiger partial charge in [0.1, 0.15) is 5.82 Å². The summed E-state index contributed by atoms with van der Waals surface area (Å²) in [6, 6.07) is 16.8. The lowest BCUT2D eigenvalue weighted by molar-refractivity contribution is -0.116. The summed E-state index contributed by atoms with van der Waals surface area (Å²) in [5, 5.41) is 8.67. The Balaban J connectivity index is 2.00. The molecule has 1 N–H and O–H groups in total. The van der Waals surface area contributed by atoms with Gasteiger partial charge in [-0.3, -0.25) is 4.79 Å². The van der Waals surface area contributed by atoms with E-state index in [1.54, 1.807) is 22.9 Å². The Morgan fingerprint density at radius 3 is 2.56 bits per heavy atom. The number of rotatable bonds is 6. The van der Waals surface area contributed by atoms with E-state index in [1.807, 2.05) is 36.4 Å². The fourth-order valence-electron chi connectivity index (χ4n) is 2.68. The van der Waals surface area contributed by atoms with Gasteiger partial charge in [-0.15, -0.1) is 0 Å². The summed E-state index contributed by atoms with van der Waals surface area (Å²) in [4.78, 5) is 12.4. The highest BCUT2D eigenvalue weighted by atomic mass is 35.5. The van der Waals surface area contributed by atoms with E-state index in [-0.39, 0.29) is 5.91 Å². The van der Waals surface area contributed by atoms with Crippen molar-refractivity contribution in [1.29, 1.82) is 0 Å². The average Bonchev–Trinajstić information content (AvgIpc) is 3.06. The van der Waals surface area contributed by atoms with E-state index < -0.39 is 0 Å². The molecule has 0 fully saturated rings. The first kappa shape index (κ1) is 19.5. The lowest BCUT2D eigenvalue weighted by Gasteiger charge is -2.11. The third-order valence-electron chi connectivity index (χ3n) is 4.13. The molecule has 0 bridgehead atoms. The maximum absolute atomic E-state index is 12.4. The Bertz CT molecular complexity index is 936. The quantitative estimate of drug-likeness (QED) is 0.532. The Hall–Kier alpha value is -2.30. The van der Waals surface area contributed by atoms with Crippen LogP contribution in [0, 0.1) is 5.92 Å². The highest BCUT2D eigenvalue weighted by Gasteiger charge is 2.16. The molecular weight excluding hydrogens is 381 g/mol. The summed E-state index contributed by atoms with van der Waals surface area (Å²) in [5.74, 6) is 0.970. The molecule has 0 unspecified atom stereocenters. The van der Waals surface area contributed by atoms with Gasteiger partial charge in [0.2, 0.25) is 5.91 Å². The zero-order chi connectivity index (χ0) is 19.4. The molecule has 4 nitrogen and oxygen atoms in total. The molecule has 1 heterocycles. The largest absolute Gasteiger partial charge is 0.311 e. The van der Waals surface area contributed by atoms with Gasteiger partial charge in [-0.2, -0.15) is 5.10 Å². The maximum atomic E-state index is 12.4. The van der Waals surface area contributed by atoms with Crippen molar-refractivity contribution in [3.63, 3.8) is 0 Å². The molecule has 6 heteroatoms. The summed E-state index contributed by atoms with van der Waals surface area (Å²) in [6.45, 7) is 4.19. The number of carbonyl (C=O) groups excluding carboxylic acids is 1. The molecule has 0 spiro atoms. The summed E-state index contributed by atoms with van der Waals surface area (Å²) in [6.07, 6.45) is 1.27. The van der Waals surface area contributed by atoms with Crippen molar-refractivity contribution >= 4 is 34.9 Å². The van der Waals surface area contributed by atoms with Crippen molar-refractivity contribution in [1.82, 2.24) is 9.78 Å². The number of carbonyl (C=O) groups is 1. The number of amides is 1. The monoisotopic (exact) mass is 401 g/mol. The predicted molar refractivity (Wildman–Crippen MR) is 112 cm³/mol. The van der Waals surface area contributed by atoms with Gasteiger partial charge < -0.3 is 5.32 Å². The molecule has 0 aliphatic heterocycles. The minimum absolute atomic E-state index is 0.0531. The minimum Gasteiger partial charge on any atom is -0.311 e. The molecule has 1 amide bonds. The van der Waals surface area contributed by atoms with Crippen LogP contribution in [0.3, 0.4) is 0 Å². The second-order valence-electron chi connectivity index (χ2n) is 6.77. The normalized spacial score (nSPS) is 11.0. The molecule has 0 aliphatic carbocycles. The van der Waals surface area contributed by atoms with Gasteiger partial charge in [0.25, 0.3) is 0 Å². The SMILES string of the molecule is CC(C)CCC(=O)Nc1cc(-c2ccccc2)nn1-c1cc(Cl)ccc1Cl. The average molecular weight is 402 g/mol. The zero-order valence-electron chi connectivity index (χ0n) is 15.2. The highest BCUT2D eigenvalue weighted by Crippen LogP contribution is 2.30. The Labute approximate surface area is 169 Å². The number of hydrogen-bond donors (Lipinski definition) is 1. The molecule has 0 saturated carbocycles. The molecule has 2 aromatic carbocycles. The van der Waals surface area contributed by atoms with Crippen molar-refractivity contribution in [2.75, 3.05) is 5.32 Å². The molecule has 0 atom stereocenters. The first-order chi connectivity index (χ1) is 12.9. The summed E-state index contributed by atoms with van der Waals surface area (Å²) in [5.41, 5.74) is 2.31. The van der Waals surface area contributed by atoms with Gasteiger partial charge in [-0.25, -0.2) is 4.68 Å². The van der Waals surface area contributed by atoms with Gasteiger partial charge in [-0.1, -0.05) is 67.4 Å². The Morgan fingerprint density at radius 2 is 1.85 bits per heavy atom. The van der Waals surface area contributed by atoms with E-state index in [1.165, 1.54) is 0 Å².